The largest absolute Gasteiger partial charge is 0.494 e. The highest BCUT2D eigenvalue weighted by atomic mass is 32.2. The van der Waals surface area contributed by atoms with Crippen molar-refractivity contribution >= 4 is 23.6 Å². The number of hydrogen-bond donors (Lipinski definition) is 3. The number of rotatable bonds is 18. The summed E-state index contributed by atoms with van der Waals surface area (Å²) in [6, 6.07) is 39.3. The molecule has 5 aromatic rings. The van der Waals surface area contributed by atoms with Crippen molar-refractivity contribution in [2.75, 3.05) is 25.5 Å². The van der Waals surface area contributed by atoms with Crippen molar-refractivity contribution in [2.45, 2.75) is 36.8 Å². The Morgan fingerprint density at radius 3 is 2.31 bits per heavy atom. The molecule has 2 atom stereocenters. The Labute approximate surface area is 318 Å². The Morgan fingerprint density at radius 1 is 0.907 bits per heavy atom. The first-order chi connectivity index (χ1) is 26.5. The normalized spacial score (nSPS) is 16.2. The maximum absolute atomic E-state index is 14.7. The maximum Gasteiger partial charge on any atom is 0.266 e. The van der Waals surface area contributed by atoms with Gasteiger partial charge in [-0.25, -0.2) is 14.8 Å². The van der Waals surface area contributed by atoms with Crippen LogP contribution in [-0.4, -0.2) is 48.0 Å². The first kappa shape index (κ1) is 38.1. The Hall–Kier alpha value is -5.65. The highest BCUT2D eigenvalue weighted by Gasteiger charge is 2.53. The van der Waals surface area contributed by atoms with E-state index in [2.05, 4.69) is 20.9 Å². The molecule has 12 heteroatoms. The number of thioether (sulfide) groups is 1. The molecule has 1 heterocycles. The smallest absolute Gasteiger partial charge is 0.266 e. The van der Waals surface area contributed by atoms with E-state index in [0.29, 0.717) is 48.3 Å². The molecule has 0 aromatic heterocycles. The monoisotopic (exact) mass is 744 g/mol. The lowest BCUT2D eigenvalue weighted by atomic mass is 9.80. The lowest BCUT2D eigenvalue weighted by Crippen LogP contribution is -2.54. The average molecular weight is 745 g/mol. The van der Waals surface area contributed by atoms with E-state index in [0.717, 1.165) is 33.4 Å². The van der Waals surface area contributed by atoms with E-state index in [1.807, 2.05) is 103 Å². The van der Waals surface area contributed by atoms with Crippen molar-refractivity contribution in [1.29, 1.82) is 0 Å². The van der Waals surface area contributed by atoms with E-state index in [-0.39, 0.29) is 31.3 Å². The van der Waals surface area contributed by atoms with Gasteiger partial charge in [0.25, 0.3) is 5.91 Å². The van der Waals surface area contributed by atoms with Gasteiger partial charge in [-0.15, -0.1) is 0 Å². The van der Waals surface area contributed by atoms with E-state index in [4.69, 9.17) is 25.1 Å². The molecule has 276 valence electrons. The van der Waals surface area contributed by atoms with Crippen molar-refractivity contribution in [3.8, 4) is 16.9 Å². The van der Waals surface area contributed by atoms with Gasteiger partial charge in [0, 0.05) is 48.0 Å². The number of azide groups is 1. The van der Waals surface area contributed by atoms with Gasteiger partial charge in [-0.2, -0.15) is 11.8 Å². The molecule has 10 nitrogen and oxygen atoms in total. The molecule has 0 bridgehead atoms. The summed E-state index contributed by atoms with van der Waals surface area (Å²) in [5, 5.41) is 13.0. The van der Waals surface area contributed by atoms with Gasteiger partial charge < -0.3 is 14.6 Å². The van der Waals surface area contributed by atoms with E-state index >= 15 is 0 Å². The zero-order valence-corrected chi connectivity index (χ0v) is 30.4. The van der Waals surface area contributed by atoms with E-state index < -0.39 is 11.6 Å². The zero-order valence-electron chi connectivity index (χ0n) is 29.6. The van der Waals surface area contributed by atoms with Crippen LogP contribution in [0.4, 0.5) is 4.39 Å². The summed E-state index contributed by atoms with van der Waals surface area (Å²) in [5.74, 6) is 1.66. The highest BCUT2D eigenvalue weighted by Crippen LogP contribution is 2.43. The van der Waals surface area contributed by atoms with Gasteiger partial charge in [0.05, 0.1) is 13.2 Å². The number of hydrogen-bond acceptors (Lipinski definition) is 8. The van der Waals surface area contributed by atoms with Crippen molar-refractivity contribution in [2.24, 2.45) is 10.1 Å². The van der Waals surface area contributed by atoms with Crippen molar-refractivity contribution in [3.05, 3.63) is 171 Å². The number of nitrogens with zero attached hydrogens (tertiary/aromatic N) is 4. The fraction of sp³-hybridized carbons (Fsp3) is 0.238. The van der Waals surface area contributed by atoms with Crippen molar-refractivity contribution in [1.82, 2.24) is 10.9 Å². The second kappa shape index (κ2) is 18.9. The van der Waals surface area contributed by atoms with Crippen LogP contribution in [0.25, 0.3) is 21.6 Å². The molecule has 3 N–H and O–H groups in total. The summed E-state index contributed by atoms with van der Waals surface area (Å²) in [6.07, 6.45) is -0.171. The minimum absolute atomic E-state index is 0.0380. The minimum atomic E-state index is -1.49. The fourth-order valence-electron chi connectivity index (χ4n) is 6.19. The number of halogens is 1. The van der Waals surface area contributed by atoms with E-state index in [1.165, 1.54) is 12.1 Å². The lowest BCUT2D eigenvalue weighted by Gasteiger charge is -2.31. The van der Waals surface area contributed by atoms with Gasteiger partial charge in [-0.1, -0.05) is 96.1 Å². The molecule has 0 aliphatic carbocycles. The number of aliphatic hydroxyl groups is 1. The third kappa shape index (κ3) is 9.66. The van der Waals surface area contributed by atoms with Gasteiger partial charge in [-0.3, -0.25) is 10.2 Å². The van der Waals surface area contributed by atoms with Crippen LogP contribution in [0.15, 0.2) is 138 Å². The number of ether oxygens (including phenoxy) is 2. The van der Waals surface area contributed by atoms with Crippen LogP contribution < -0.4 is 15.6 Å². The number of carbonyl (C=O) groups excluding carboxylic acids is 1. The molecule has 0 saturated heterocycles. The molecule has 0 radical (unpaired) electrons. The van der Waals surface area contributed by atoms with Crippen LogP contribution in [0.2, 0.25) is 0 Å². The van der Waals surface area contributed by atoms with Crippen LogP contribution in [0.5, 0.6) is 5.75 Å². The van der Waals surface area contributed by atoms with Crippen LogP contribution >= 0.6 is 11.8 Å². The van der Waals surface area contributed by atoms with Crippen LogP contribution in [0.1, 0.15) is 40.3 Å². The molecule has 0 unspecified atom stereocenters. The Bertz CT molecular complexity index is 2060. The molecule has 5 aromatic carbocycles. The quantitative estimate of drug-likeness (QED) is 0.0272. The first-order valence-electron chi connectivity index (χ1n) is 17.7. The van der Waals surface area contributed by atoms with Crippen LogP contribution in [0.3, 0.4) is 0 Å². The zero-order chi connectivity index (χ0) is 37.6. The third-order valence-corrected chi connectivity index (χ3v) is 10.0. The molecule has 0 spiro atoms. The second-order valence-electron chi connectivity index (χ2n) is 12.7. The third-order valence-electron chi connectivity index (χ3n) is 8.99. The van der Waals surface area contributed by atoms with E-state index in [1.54, 1.807) is 23.9 Å². The van der Waals surface area contributed by atoms with Crippen LogP contribution in [0, 0.1) is 5.82 Å². The lowest BCUT2D eigenvalue weighted by molar-refractivity contribution is -0.130. The molecule has 1 aliphatic rings. The molecule has 6 rings (SSSR count). The summed E-state index contributed by atoms with van der Waals surface area (Å²) >= 11 is 1.66. The second-order valence-corrected chi connectivity index (χ2v) is 13.8. The van der Waals surface area contributed by atoms with Gasteiger partial charge in [0.2, 0.25) is 5.90 Å². The van der Waals surface area contributed by atoms with Crippen molar-refractivity contribution < 1.29 is 23.8 Å². The van der Waals surface area contributed by atoms with Gasteiger partial charge in [-0.05, 0) is 75.3 Å². The molecule has 0 saturated carbocycles. The Morgan fingerprint density at radius 2 is 1.59 bits per heavy atom. The summed E-state index contributed by atoms with van der Waals surface area (Å²) in [6.45, 7) is 0.993. The highest BCUT2D eigenvalue weighted by molar-refractivity contribution is 7.98. The predicted molar refractivity (Wildman–Crippen MR) is 210 cm³/mol. The molecule has 0 fully saturated rings. The number of hydrazine groups is 1. The summed E-state index contributed by atoms with van der Waals surface area (Å²) in [4.78, 5) is 22.8. The Balaban J connectivity index is 1.32. The Kier molecular flexibility index (Phi) is 13.3. The molecule has 54 heavy (non-hydrogen) atoms. The number of nitrogens with one attached hydrogen (secondary N) is 2. The topological polar surface area (TPSA) is 141 Å². The van der Waals surface area contributed by atoms with Crippen LogP contribution in [-0.2, 0) is 28.2 Å². The molecular formula is C42H41FN6O4S. The first-order valence-corrected chi connectivity index (χ1v) is 18.8. The number of aliphatic imine (C=N–C) groups is 1. The number of carbonyl (C=O) groups is 1. The number of benzene rings is 5. The molecular weight excluding hydrogens is 704 g/mol. The van der Waals surface area contributed by atoms with Gasteiger partial charge in [0.15, 0.2) is 11.6 Å². The predicted octanol–water partition coefficient (Wildman–Crippen LogP) is 8.12. The molecule has 1 amide bonds. The van der Waals surface area contributed by atoms with Gasteiger partial charge in [0.1, 0.15) is 11.6 Å². The van der Waals surface area contributed by atoms with Gasteiger partial charge >= 0.3 is 0 Å². The summed E-state index contributed by atoms with van der Waals surface area (Å²) in [7, 11) is 0. The standard InChI is InChI=1S/C42H41FN6O4S/c43-37-19-11-30(12-20-37)29-54-26-23-45-48-41(51)42(27-35-9-4-5-10-36(35)28-46-49-44)39(33-15-13-32(14-16-33)31-7-2-1-3-8-31)53-40(47-42)34-17-21-38(22-18-34)52-25-6-24-50/h1-5,7-22,39,45,50H,6,23-29H2,(H,48,51)/t39-,42-/m0/s1. The minimum Gasteiger partial charge on any atom is -0.494 e. The average Bonchev–Trinajstić information content (AvgIpc) is 3.60. The SMILES string of the molecule is [N-]=[N+]=NCc1ccccc1C[C@]1(C(=O)NNCCSCc2ccc(F)cc2)N=C(c2ccc(OCCCO)cc2)O[C@H]1c1ccc(-c2ccccc2)cc1. The van der Waals surface area contributed by atoms with E-state index in [9.17, 15) is 9.18 Å². The summed E-state index contributed by atoms with van der Waals surface area (Å²) < 4.78 is 25.8. The van der Waals surface area contributed by atoms with Crippen molar-refractivity contribution in [3.63, 3.8) is 0 Å². The number of aliphatic hydroxyl groups excluding tert-OH is 1. The fourth-order valence-corrected chi connectivity index (χ4v) is 7.01. The summed E-state index contributed by atoms with van der Waals surface area (Å²) in [5.41, 5.74) is 19.8. The molecule has 1 aliphatic heterocycles. The maximum atomic E-state index is 14.7. The number of amides is 1.